The van der Waals surface area contributed by atoms with Crippen molar-refractivity contribution < 1.29 is 9.53 Å². The lowest BCUT2D eigenvalue weighted by Gasteiger charge is -2.38. The van der Waals surface area contributed by atoms with Crippen molar-refractivity contribution in [1.29, 1.82) is 0 Å². The number of rotatable bonds is 5. The summed E-state index contributed by atoms with van der Waals surface area (Å²) in [5, 5.41) is 4.62. The second kappa shape index (κ2) is 8.71. The van der Waals surface area contributed by atoms with Gasteiger partial charge in [0, 0.05) is 36.9 Å². The molecule has 0 bridgehead atoms. The van der Waals surface area contributed by atoms with E-state index in [0.717, 1.165) is 42.8 Å². The van der Waals surface area contributed by atoms with Crippen LogP contribution in [0.4, 0.5) is 5.69 Å². The molecule has 31 heavy (non-hydrogen) atoms. The number of likely N-dealkylation sites (tertiary alicyclic amines) is 1. The highest BCUT2D eigenvalue weighted by molar-refractivity contribution is 6.04. The monoisotopic (exact) mass is 420 g/mol. The minimum Gasteiger partial charge on any atom is -0.456 e. The number of hydrogen-bond donors (Lipinski definition) is 2. The number of esters is 1. The number of fused-ring (bicyclic) bond motifs is 1. The first-order valence-corrected chi connectivity index (χ1v) is 11.0. The van der Waals surface area contributed by atoms with Gasteiger partial charge in [-0.1, -0.05) is 37.3 Å². The number of carbonyl (C=O) groups is 1. The molecule has 1 aliphatic rings. The third kappa shape index (κ3) is 5.07. The number of anilines is 1. The van der Waals surface area contributed by atoms with Crippen molar-refractivity contribution in [1.82, 2.24) is 14.9 Å². The number of H-pyrrole nitrogens is 1. The largest absolute Gasteiger partial charge is 0.456 e. The summed E-state index contributed by atoms with van der Waals surface area (Å²) < 4.78 is 5.67. The number of hydrogen-bond acceptors (Lipinski definition) is 5. The van der Waals surface area contributed by atoms with Crippen LogP contribution in [0.25, 0.3) is 11.0 Å². The van der Waals surface area contributed by atoms with E-state index in [1.54, 1.807) is 6.20 Å². The number of carbonyl (C=O) groups excluding carboxylic acids is 1. The number of aromatic nitrogens is 2. The van der Waals surface area contributed by atoms with Crippen molar-refractivity contribution >= 4 is 22.7 Å². The fourth-order valence-corrected chi connectivity index (χ4v) is 4.15. The van der Waals surface area contributed by atoms with Crippen LogP contribution in [0.3, 0.4) is 0 Å². The quantitative estimate of drug-likeness (QED) is 0.578. The van der Waals surface area contributed by atoms with Crippen molar-refractivity contribution in [2.45, 2.75) is 52.3 Å². The summed E-state index contributed by atoms with van der Waals surface area (Å²) >= 11 is 0. The molecule has 6 nitrogen and oxygen atoms in total. The minimum absolute atomic E-state index is 0.221. The molecule has 0 amide bonds. The van der Waals surface area contributed by atoms with E-state index < -0.39 is 5.60 Å². The van der Waals surface area contributed by atoms with Crippen LogP contribution in [0, 0.1) is 5.92 Å². The van der Waals surface area contributed by atoms with Gasteiger partial charge in [0.1, 0.15) is 16.8 Å². The van der Waals surface area contributed by atoms with Gasteiger partial charge in [-0.3, -0.25) is 4.90 Å². The van der Waals surface area contributed by atoms with Gasteiger partial charge in [0.05, 0.1) is 5.69 Å². The molecular formula is C25H32N4O2. The lowest BCUT2D eigenvalue weighted by molar-refractivity contribution is 0.00702. The van der Waals surface area contributed by atoms with Crippen LogP contribution in [0.15, 0.2) is 48.8 Å². The number of ether oxygens (including phenoxy) is 1. The zero-order valence-electron chi connectivity index (χ0n) is 18.8. The van der Waals surface area contributed by atoms with Crippen molar-refractivity contribution in [3.8, 4) is 0 Å². The highest BCUT2D eigenvalue weighted by atomic mass is 16.6. The van der Waals surface area contributed by atoms with Crippen LogP contribution in [-0.4, -0.2) is 45.6 Å². The molecule has 0 spiro atoms. The van der Waals surface area contributed by atoms with E-state index >= 15 is 0 Å². The summed E-state index contributed by atoms with van der Waals surface area (Å²) in [6.45, 7) is 10.8. The molecule has 1 aliphatic heterocycles. The van der Waals surface area contributed by atoms with Crippen molar-refractivity contribution in [3.63, 3.8) is 0 Å². The van der Waals surface area contributed by atoms with Crippen LogP contribution in [0.5, 0.6) is 0 Å². The molecule has 3 aromatic rings. The van der Waals surface area contributed by atoms with E-state index in [1.165, 1.54) is 5.56 Å². The number of nitrogens with zero attached hydrogens (tertiary/aromatic N) is 2. The molecule has 0 unspecified atom stereocenters. The van der Waals surface area contributed by atoms with Gasteiger partial charge in [-0.05, 0) is 51.3 Å². The van der Waals surface area contributed by atoms with Crippen LogP contribution < -0.4 is 5.32 Å². The third-order valence-electron chi connectivity index (χ3n) is 5.83. The molecule has 2 atom stereocenters. The summed E-state index contributed by atoms with van der Waals surface area (Å²) in [6, 6.07) is 12.8. The standard InChI is InChI=1S/C25H32N4O2/c1-17-11-13-29(15-18-8-6-5-7-9-18)16-21(17)28-22-19-10-12-26-23(19)27-14-20(22)24(30)31-25(2,3)4/h5-10,12,14,17,21H,11,13,15-16H2,1-4H3,(H2,26,27,28)/t17-,21+/m1/s1. The topological polar surface area (TPSA) is 70.2 Å². The smallest absolute Gasteiger partial charge is 0.342 e. The van der Waals surface area contributed by atoms with E-state index in [4.69, 9.17) is 4.74 Å². The molecule has 0 saturated carbocycles. The van der Waals surface area contributed by atoms with Crippen molar-refractivity contribution in [2.75, 3.05) is 18.4 Å². The normalized spacial score (nSPS) is 20.0. The summed E-state index contributed by atoms with van der Waals surface area (Å²) in [5.74, 6) is 0.135. The minimum atomic E-state index is -0.563. The van der Waals surface area contributed by atoms with E-state index in [9.17, 15) is 4.79 Å². The van der Waals surface area contributed by atoms with E-state index in [0.29, 0.717) is 11.5 Å². The molecule has 1 fully saturated rings. The molecule has 0 radical (unpaired) electrons. The predicted molar refractivity (Wildman–Crippen MR) is 124 cm³/mol. The Hall–Kier alpha value is -2.86. The second-order valence-corrected chi connectivity index (χ2v) is 9.53. The van der Waals surface area contributed by atoms with Crippen LogP contribution in [0.1, 0.15) is 50.0 Å². The molecule has 4 rings (SSSR count). The first-order chi connectivity index (χ1) is 14.8. The number of benzene rings is 1. The SMILES string of the molecule is C[C@@H]1CCN(Cc2ccccc2)C[C@@H]1Nc1c(C(=O)OC(C)(C)C)cnc2[nH]ccc12. The average Bonchev–Trinajstić information content (AvgIpc) is 3.19. The summed E-state index contributed by atoms with van der Waals surface area (Å²) in [4.78, 5) is 23.0. The van der Waals surface area contributed by atoms with Crippen LogP contribution in [-0.2, 0) is 11.3 Å². The third-order valence-corrected chi connectivity index (χ3v) is 5.83. The first-order valence-electron chi connectivity index (χ1n) is 11.0. The zero-order valence-corrected chi connectivity index (χ0v) is 18.8. The fraction of sp³-hybridized carbons (Fsp3) is 0.440. The summed E-state index contributed by atoms with van der Waals surface area (Å²) in [7, 11) is 0. The Balaban J connectivity index is 1.59. The van der Waals surface area contributed by atoms with Gasteiger partial charge >= 0.3 is 5.97 Å². The van der Waals surface area contributed by atoms with Gasteiger partial charge in [-0.15, -0.1) is 0 Å². The summed E-state index contributed by atoms with van der Waals surface area (Å²) in [5.41, 5.74) is 2.81. The number of piperidine rings is 1. The molecule has 0 aliphatic carbocycles. The number of aromatic amines is 1. The Morgan fingerprint density at radius 2 is 2.03 bits per heavy atom. The van der Waals surface area contributed by atoms with Gasteiger partial charge in [-0.25, -0.2) is 9.78 Å². The van der Waals surface area contributed by atoms with Crippen LogP contribution in [0.2, 0.25) is 0 Å². The maximum absolute atomic E-state index is 13.0. The van der Waals surface area contributed by atoms with Gasteiger partial charge in [0.15, 0.2) is 0 Å². The van der Waals surface area contributed by atoms with Crippen molar-refractivity contribution in [2.24, 2.45) is 5.92 Å². The molecule has 1 saturated heterocycles. The maximum atomic E-state index is 13.0. The van der Waals surface area contributed by atoms with Gasteiger partial charge < -0.3 is 15.0 Å². The Labute approximate surface area is 184 Å². The molecule has 2 aromatic heterocycles. The average molecular weight is 421 g/mol. The van der Waals surface area contributed by atoms with Crippen molar-refractivity contribution in [3.05, 3.63) is 59.9 Å². The Kier molecular flexibility index (Phi) is 6.01. The highest BCUT2D eigenvalue weighted by Gasteiger charge is 2.29. The fourth-order valence-electron chi connectivity index (χ4n) is 4.15. The first kappa shape index (κ1) is 21.4. The predicted octanol–water partition coefficient (Wildman–Crippen LogP) is 4.84. The van der Waals surface area contributed by atoms with Gasteiger partial charge in [0.25, 0.3) is 0 Å². The molecular weight excluding hydrogens is 388 g/mol. The van der Waals surface area contributed by atoms with E-state index in [1.807, 2.05) is 33.0 Å². The number of pyridine rings is 1. The molecule has 2 N–H and O–H groups in total. The lowest BCUT2D eigenvalue weighted by Crippen LogP contribution is -2.46. The molecule has 6 heteroatoms. The zero-order chi connectivity index (χ0) is 22.0. The Morgan fingerprint density at radius 3 is 2.77 bits per heavy atom. The van der Waals surface area contributed by atoms with Crippen LogP contribution >= 0.6 is 0 Å². The second-order valence-electron chi connectivity index (χ2n) is 9.53. The highest BCUT2D eigenvalue weighted by Crippen LogP contribution is 2.31. The molecule has 1 aromatic carbocycles. The Bertz CT molecular complexity index is 1040. The molecule has 3 heterocycles. The Morgan fingerprint density at radius 1 is 1.26 bits per heavy atom. The molecule has 164 valence electrons. The van der Waals surface area contributed by atoms with Gasteiger partial charge in [-0.2, -0.15) is 0 Å². The maximum Gasteiger partial charge on any atom is 0.342 e. The summed E-state index contributed by atoms with van der Waals surface area (Å²) in [6.07, 6.45) is 4.58. The lowest BCUT2D eigenvalue weighted by atomic mass is 9.92. The number of nitrogens with one attached hydrogen (secondary N) is 2. The van der Waals surface area contributed by atoms with Gasteiger partial charge in [0.2, 0.25) is 0 Å². The van der Waals surface area contributed by atoms with E-state index in [2.05, 4.69) is 57.4 Å². The van der Waals surface area contributed by atoms with E-state index in [-0.39, 0.29) is 12.0 Å².